The predicted octanol–water partition coefficient (Wildman–Crippen LogP) is 5.34. The van der Waals surface area contributed by atoms with Crippen molar-refractivity contribution in [3.8, 4) is 23.1 Å². The van der Waals surface area contributed by atoms with Crippen LogP contribution < -0.4 is 15.6 Å². The molecule has 0 aliphatic rings. The smallest absolute Gasteiger partial charge is 0.410 e. The van der Waals surface area contributed by atoms with Crippen molar-refractivity contribution < 1.29 is 22.7 Å². The molecular weight excluding hydrogens is 447 g/mol. The first kappa shape index (κ1) is 24.6. The molecule has 1 N–H and O–H groups in total. The molecule has 2 aromatic carbocycles. The molecule has 176 valence electrons. The van der Waals surface area contributed by atoms with Gasteiger partial charge in [0.1, 0.15) is 17.4 Å². The van der Waals surface area contributed by atoms with Gasteiger partial charge >= 0.3 is 12.3 Å². The molecule has 0 fully saturated rings. The van der Waals surface area contributed by atoms with Crippen molar-refractivity contribution >= 4 is 6.09 Å². The summed E-state index contributed by atoms with van der Waals surface area (Å²) in [5.41, 5.74) is -2.52. The van der Waals surface area contributed by atoms with Gasteiger partial charge in [0.05, 0.1) is 17.8 Å². The van der Waals surface area contributed by atoms with Crippen LogP contribution >= 0.6 is 0 Å². The van der Waals surface area contributed by atoms with Gasteiger partial charge < -0.3 is 14.6 Å². The average molecular weight is 469 g/mol. The number of nitriles is 1. The molecule has 0 saturated carbocycles. The summed E-state index contributed by atoms with van der Waals surface area (Å²) in [6, 6.07) is 16.7. The third kappa shape index (κ3) is 5.84. The summed E-state index contributed by atoms with van der Waals surface area (Å²) in [6.07, 6.45) is -3.94. The first-order chi connectivity index (χ1) is 16.2. The molecule has 6 nitrogen and oxygen atoms in total. The van der Waals surface area contributed by atoms with Crippen LogP contribution in [0, 0.1) is 11.3 Å². The molecule has 0 radical (unpaired) electrons. The summed E-state index contributed by atoms with van der Waals surface area (Å²) in [6.45, 7) is 2.35. The maximum atomic E-state index is 13.7. The lowest BCUT2D eigenvalue weighted by atomic mass is 10.0. The number of hydrogen-bond donors (Lipinski definition) is 1. The van der Waals surface area contributed by atoms with E-state index in [-0.39, 0.29) is 23.6 Å². The molecule has 9 heteroatoms. The van der Waals surface area contributed by atoms with Crippen molar-refractivity contribution in [2.24, 2.45) is 0 Å². The number of hydrogen-bond acceptors (Lipinski definition) is 4. The summed E-state index contributed by atoms with van der Waals surface area (Å²) in [4.78, 5) is 25.0. The Kier molecular flexibility index (Phi) is 7.74. The van der Waals surface area contributed by atoms with Gasteiger partial charge in [-0.25, -0.2) is 4.79 Å². The van der Waals surface area contributed by atoms with Gasteiger partial charge in [-0.1, -0.05) is 55.8 Å². The van der Waals surface area contributed by atoms with E-state index in [1.54, 1.807) is 30.3 Å². The largest absolute Gasteiger partial charge is 0.417 e. The molecule has 3 rings (SSSR count). The lowest BCUT2D eigenvalue weighted by Gasteiger charge is -2.18. The maximum Gasteiger partial charge on any atom is 0.417 e. The summed E-state index contributed by atoms with van der Waals surface area (Å²) in [7, 11) is 0. The Morgan fingerprint density at radius 3 is 2.50 bits per heavy atom. The van der Waals surface area contributed by atoms with Crippen LogP contribution in [0.15, 0.2) is 65.5 Å². The Balaban J connectivity index is 2.11. The molecule has 0 atom stereocenters. The fraction of sp³-hybridized carbons (Fsp3) is 0.240. The van der Waals surface area contributed by atoms with E-state index in [1.165, 1.54) is 30.3 Å². The number of unbranched alkanes of at least 4 members (excludes halogenated alkanes) is 1. The number of carbonyl (C=O) groups excluding carboxylic acids is 1. The molecular formula is C25H22F3N3O3. The number of aromatic nitrogens is 1. The van der Waals surface area contributed by atoms with E-state index < -0.39 is 29.0 Å². The first-order valence-electron chi connectivity index (χ1n) is 10.6. The monoisotopic (exact) mass is 469 g/mol. The Morgan fingerprint density at radius 2 is 1.85 bits per heavy atom. The van der Waals surface area contributed by atoms with Crippen LogP contribution in [-0.4, -0.2) is 17.2 Å². The van der Waals surface area contributed by atoms with Crippen LogP contribution in [0.3, 0.4) is 0 Å². The number of carbonyl (C=O) groups is 1. The Morgan fingerprint density at radius 1 is 1.12 bits per heavy atom. The second-order valence-corrected chi connectivity index (χ2v) is 7.50. The molecule has 1 aromatic heterocycles. The Hall–Kier alpha value is -4.06. The predicted molar refractivity (Wildman–Crippen MR) is 120 cm³/mol. The van der Waals surface area contributed by atoms with Crippen molar-refractivity contribution in [2.75, 3.05) is 6.54 Å². The maximum absolute atomic E-state index is 13.7. The zero-order chi connectivity index (χ0) is 24.7. The molecule has 34 heavy (non-hydrogen) atoms. The van der Waals surface area contributed by atoms with Gasteiger partial charge in [0.25, 0.3) is 5.56 Å². The highest BCUT2D eigenvalue weighted by Crippen LogP contribution is 2.34. The van der Waals surface area contributed by atoms with Crippen LogP contribution in [0.4, 0.5) is 18.0 Å². The quantitative estimate of drug-likeness (QED) is 0.473. The van der Waals surface area contributed by atoms with Crippen LogP contribution in [0.5, 0.6) is 5.75 Å². The van der Waals surface area contributed by atoms with E-state index >= 15 is 0 Å². The third-order valence-corrected chi connectivity index (χ3v) is 5.04. The number of nitrogens with zero attached hydrogens (tertiary/aromatic N) is 2. The SMILES string of the molecule is CCCCNC(=O)Oc1cccc(-c2cc(C(F)(F)F)c(C#N)c(=O)n2Cc2ccccc2)c1. The highest BCUT2D eigenvalue weighted by atomic mass is 19.4. The molecule has 0 aliphatic heterocycles. The number of rotatable bonds is 7. The van der Waals surface area contributed by atoms with E-state index in [1.807, 2.05) is 6.92 Å². The minimum atomic E-state index is -4.90. The Bertz CT molecular complexity index is 1260. The van der Waals surface area contributed by atoms with Gasteiger partial charge in [-0.15, -0.1) is 0 Å². The summed E-state index contributed by atoms with van der Waals surface area (Å²) >= 11 is 0. The van der Waals surface area contributed by atoms with Crippen LogP contribution in [-0.2, 0) is 12.7 Å². The highest BCUT2D eigenvalue weighted by molar-refractivity contribution is 5.72. The highest BCUT2D eigenvalue weighted by Gasteiger charge is 2.36. The number of ether oxygens (including phenoxy) is 1. The fourth-order valence-corrected chi connectivity index (χ4v) is 3.37. The van der Waals surface area contributed by atoms with Gasteiger partial charge in [0, 0.05) is 12.1 Å². The number of halogens is 3. The van der Waals surface area contributed by atoms with Gasteiger partial charge in [0.15, 0.2) is 0 Å². The van der Waals surface area contributed by atoms with E-state index in [2.05, 4.69) is 5.32 Å². The molecule has 0 spiro atoms. The molecule has 0 aliphatic carbocycles. The lowest BCUT2D eigenvalue weighted by Crippen LogP contribution is -2.29. The number of alkyl halides is 3. The third-order valence-electron chi connectivity index (χ3n) is 5.04. The van der Waals surface area contributed by atoms with Crippen LogP contribution in [0.2, 0.25) is 0 Å². The molecule has 0 bridgehead atoms. The van der Waals surface area contributed by atoms with Gasteiger partial charge in [0.2, 0.25) is 0 Å². The second kappa shape index (κ2) is 10.7. The number of amides is 1. The van der Waals surface area contributed by atoms with Gasteiger partial charge in [-0.2, -0.15) is 18.4 Å². The lowest BCUT2D eigenvalue weighted by molar-refractivity contribution is -0.137. The minimum Gasteiger partial charge on any atom is -0.410 e. The minimum absolute atomic E-state index is 0.0512. The molecule has 0 unspecified atom stereocenters. The van der Waals surface area contributed by atoms with E-state index in [9.17, 15) is 28.0 Å². The molecule has 3 aromatic rings. The molecule has 0 saturated heterocycles. The fourth-order valence-electron chi connectivity index (χ4n) is 3.37. The van der Waals surface area contributed by atoms with Crippen molar-refractivity contribution in [2.45, 2.75) is 32.5 Å². The number of nitrogens with one attached hydrogen (secondary N) is 1. The van der Waals surface area contributed by atoms with Crippen LogP contribution in [0.1, 0.15) is 36.5 Å². The van der Waals surface area contributed by atoms with Gasteiger partial charge in [-0.05, 0) is 30.2 Å². The topological polar surface area (TPSA) is 84.1 Å². The molecule has 1 heterocycles. The zero-order valence-corrected chi connectivity index (χ0v) is 18.4. The first-order valence-corrected chi connectivity index (χ1v) is 10.6. The van der Waals surface area contributed by atoms with E-state index in [4.69, 9.17) is 4.74 Å². The van der Waals surface area contributed by atoms with Crippen LogP contribution in [0.25, 0.3) is 11.3 Å². The average Bonchev–Trinajstić information content (AvgIpc) is 2.80. The standard InChI is InChI=1S/C25H22F3N3O3/c1-2-3-12-30-24(33)34-19-11-7-10-18(13-19)22-14-21(25(26,27)28)20(15-29)23(32)31(22)16-17-8-5-4-6-9-17/h4-11,13-14H,2-3,12,16H2,1H3,(H,30,33). The summed E-state index contributed by atoms with van der Waals surface area (Å²) < 4.78 is 47.4. The number of benzene rings is 2. The molecule has 1 amide bonds. The van der Waals surface area contributed by atoms with E-state index in [0.717, 1.165) is 23.5 Å². The van der Waals surface area contributed by atoms with Crippen molar-refractivity contribution in [1.82, 2.24) is 9.88 Å². The Labute approximate surface area is 194 Å². The normalized spacial score (nSPS) is 11.0. The summed E-state index contributed by atoms with van der Waals surface area (Å²) in [5.74, 6) is 0.100. The van der Waals surface area contributed by atoms with Crippen molar-refractivity contribution in [3.05, 3.63) is 87.7 Å². The zero-order valence-electron chi connectivity index (χ0n) is 18.4. The van der Waals surface area contributed by atoms with Crippen molar-refractivity contribution in [1.29, 1.82) is 5.26 Å². The van der Waals surface area contributed by atoms with Crippen molar-refractivity contribution in [3.63, 3.8) is 0 Å². The summed E-state index contributed by atoms with van der Waals surface area (Å²) in [5, 5.41) is 11.9. The number of pyridine rings is 1. The van der Waals surface area contributed by atoms with Gasteiger partial charge in [-0.3, -0.25) is 4.79 Å². The van der Waals surface area contributed by atoms with E-state index in [0.29, 0.717) is 12.1 Å². The second-order valence-electron chi connectivity index (χ2n) is 7.50.